The van der Waals surface area contributed by atoms with Gasteiger partial charge in [-0.15, -0.1) is 0 Å². The van der Waals surface area contributed by atoms with Gasteiger partial charge in [0.1, 0.15) is 5.75 Å². The average molecular weight is 329 g/mol. The summed E-state index contributed by atoms with van der Waals surface area (Å²) in [6.07, 6.45) is 1.78. The van der Waals surface area contributed by atoms with Crippen LogP contribution in [0.2, 0.25) is 0 Å². The summed E-state index contributed by atoms with van der Waals surface area (Å²) in [7, 11) is 1.29. The Morgan fingerprint density at radius 3 is 2.63 bits per heavy atom. The maximum Gasteiger partial charge on any atom is 0.346 e. The van der Waals surface area contributed by atoms with Gasteiger partial charge in [-0.2, -0.15) is 0 Å². The van der Waals surface area contributed by atoms with E-state index in [0.29, 0.717) is 15.8 Å². The zero-order valence-corrected chi connectivity index (χ0v) is 12.0. The molecule has 1 unspecified atom stereocenters. The molecular formula is C13H13BrO5. The zero-order valence-electron chi connectivity index (χ0n) is 10.4. The number of carboxylic acid groups (broad SMARTS) is 1. The maximum absolute atomic E-state index is 11.2. The number of rotatable bonds is 5. The zero-order chi connectivity index (χ0) is 14.4. The van der Waals surface area contributed by atoms with Gasteiger partial charge in [0.25, 0.3) is 0 Å². The second-order valence-electron chi connectivity index (χ2n) is 3.64. The number of methoxy groups -OCH3 is 1. The summed E-state index contributed by atoms with van der Waals surface area (Å²) in [4.78, 5) is 21.6. The van der Waals surface area contributed by atoms with E-state index in [4.69, 9.17) is 9.84 Å². The molecule has 0 aliphatic heterocycles. The van der Waals surface area contributed by atoms with Gasteiger partial charge in [0.15, 0.2) is 6.10 Å². The van der Waals surface area contributed by atoms with Crippen molar-refractivity contribution in [3.05, 3.63) is 34.3 Å². The molecule has 0 radical (unpaired) electrons. The van der Waals surface area contributed by atoms with Crippen LogP contribution in [-0.4, -0.2) is 30.3 Å². The molecule has 0 saturated carbocycles. The van der Waals surface area contributed by atoms with Gasteiger partial charge >= 0.3 is 11.9 Å². The lowest BCUT2D eigenvalue weighted by Crippen LogP contribution is -2.25. The van der Waals surface area contributed by atoms with E-state index in [9.17, 15) is 9.59 Å². The molecular weight excluding hydrogens is 316 g/mol. The number of esters is 1. The van der Waals surface area contributed by atoms with Crippen molar-refractivity contribution in [1.82, 2.24) is 0 Å². The van der Waals surface area contributed by atoms with E-state index in [1.54, 1.807) is 25.1 Å². The van der Waals surface area contributed by atoms with E-state index < -0.39 is 18.0 Å². The lowest BCUT2D eigenvalue weighted by molar-refractivity contribution is -0.148. The van der Waals surface area contributed by atoms with Gasteiger partial charge in [-0.05, 0) is 46.6 Å². The van der Waals surface area contributed by atoms with E-state index in [1.807, 2.05) is 0 Å². The molecule has 0 aromatic heterocycles. The SMILES string of the molecule is COC(=O)C(C)Oc1ccc(C=CC(=O)O)cc1Br. The van der Waals surface area contributed by atoms with Gasteiger partial charge in [0, 0.05) is 6.08 Å². The first-order chi connectivity index (χ1) is 8.93. The number of hydrogen-bond donors (Lipinski definition) is 1. The van der Waals surface area contributed by atoms with Crippen molar-refractivity contribution in [3.8, 4) is 5.75 Å². The predicted octanol–water partition coefficient (Wildman–Crippen LogP) is 2.49. The summed E-state index contributed by atoms with van der Waals surface area (Å²) in [6, 6.07) is 5.02. The van der Waals surface area contributed by atoms with E-state index >= 15 is 0 Å². The Kier molecular flexibility index (Phi) is 5.57. The molecule has 0 saturated heterocycles. The van der Waals surface area contributed by atoms with Gasteiger partial charge < -0.3 is 14.6 Å². The number of hydrogen-bond acceptors (Lipinski definition) is 4. The van der Waals surface area contributed by atoms with Crippen molar-refractivity contribution in [2.24, 2.45) is 0 Å². The molecule has 0 amide bonds. The van der Waals surface area contributed by atoms with Gasteiger partial charge in [0.05, 0.1) is 11.6 Å². The van der Waals surface area contributed by atoms with Crippen molar-refractivity contribution in [2.75, 3.05) is 7.11 Å². The van der Waals surface area contributed by atoms with Crippen LogP contribution in [0.4, 0.5) is 0 Å². The van der Waals surface area contributed by atoms with Crippen LogP contribution in [0.5, 0.6) is 5.75 Å². The molecule has 0 aliphatic carbocycles. The summed E-state index contributed by atoms with van der Waals surface area (Å²) >= 11 is 3.30. The summed E-state index contributed by atoms with van der Waals surface area (Å²) in [5, 5.41) is 8.53. The summed E-state index contributed by atoms with van der Waals surface area (Å²) in [5.41, 5.74) is 0.701. The number of benzene rings is 1. The molecule has 1 aromatic rings. The van der Waals surface area contributed by atoms with Crippen LogP contribution in [0.1, 0.15) is 12.5 Å². The molecule has 0 fully saturated rings. The Hall–Kier alpha value is -1.82. The van der Waals surface area contributed by atoms with Crippen LogP contribution in [0.15, 0.2) is 28.7 Å². The average Bonchev–Trinajstić information content (AvgIpc) is 2.38. The van der Waals surface area contributed by atoms with Crippen LogP contribution in [-0.2, 0) is 14.3 Å². The standard InChI is InChI=1S/C13H13BrO5/c1-8(13(17)18-2)19-11-5-3-9(7-10(11)14)4-6-12(15)16/h3-8H,1-2H3,(H,15,16). The van der Waals surface area contributed by atoms with Gasteiger partial charge in [-0.3, -0.25) is 0 Å². The molecule has 6 heteroatoms. The lowest BCUT2D eigenvalue weighted by Gasteiger charge is -2.13. The van der Waals surface area contributed by atoms with Gasteiger partial charge in [0.2, 0.25) is 0 Å². The molecule has 5 nitrogen and oxygen atoms in total. The highest BCUT2D eigenvalue weighted by molar-refractivity contribution is 9.10. The number of carbonyl (C=O) groups excluding carboxylic acids is 1. The molecule has 0 spiro atoms. The van der Waals surface area contributed by atoms with Crippen LogP contribution in [0.25, 0.3) is 6.08 Å². The Balaban J connectivity index is 2.83. The predicted molar refractivity (Wildman–Crippen MR) is 72.9 cm³/mol. The highest BCUT2D eigenvalue weighted by atomic mass is 79.9. The molecule has 1 aromatic carbocycles. The van der Waals surface area contributed by atoms with E-state index in [2.05, 4.69) is 20.7 Å². The summed E-state index contributed by atoms with van der Waals surface area (Å²) in [5.74, 6) is -1.01. The Morgan fingerprint density at radius 1 is 1.42 bits per heavy atom. The largest absolute Gasteiger partial charge is 0.478 e. The Morgan fingerprint density at radius 2 is 2.11 bits per heavy atom. The topological polar surface area (TPSA) is 72.8 Å². The van der Waals surface area contributed by atoms with Crippen LogP contribution >= 0.6 is 15.9 Å². The number of aliphatic carboxylic acids is 1. The first-order valence-corrected chi connectivity index (χ1v) is 6.18. The number of halogens is 1. The van der Waals surface area contributed by atoms with Crippen molar-refractivity contribution in [1.29, 1.82) is 0 Å². The van der Waals surface area contributed by atoms with Crippen molar-refractivity contribution in [2.45, 2.75) is 13.0 Å². The molecule has 102 valence electrons. The minimum atomic E-state index is -1.02. The maximum atomic E-state index is 11.2. The molecule has 1 atom stereocenters. The number of ether oxygens (including phenoxy) is 2. The first-order valence-electron chi connectivity index (χ1n) is 5.39. The van der Waals surface area contributed by atoms with Crippen LogP contribution in [0, 0.1) is 0 Å². The minimum Gasteiger partial charge on any atom is -0.478 e. The lowest BCUT2D eigenvalue weighted by atomic mass is 10.2. The quantitative estimate of drug-likeness (QED) is 0.664. The highest BCUT2D eigenvalue weighted by Crippen LogP contribution is 2.27. The normalized spacial score (nSPS) is 12.2. The monoisotopic (exact) mass is 328 g/mol. The summed E-state index contributed by atoms with van der Waals surface area (Å²) in [6.45, 7) is 1.58. The van der Waals surface area contributed by atoms with Crippen molar-refractivity contribution >= 4 is 33.9 Å². The second-order valence-corrected chi connectivity index (χ2v) is 4.50. The van der Waals surface area contributed by atoms with Crippen molar-refractivity contribution < 1.29 is 24.2 Å². The smallest absolute Gasteiger partial charge is 0.346 e. The van der Waals surface area contributed by atoms with Gasteiger partial charge in [-0.25, -0.2) is 9.59 Å². The van der Waals surface area contributed by atoms with Gasteiger partial charge in [-0.1, -0.05) is 6.07 Å². The molecule has 0 bridgehead atoms. The molecule has 1 N–H and O–H groups in total. The van der Waals surface area contributed by atoms with E-state index in [-0.39, 0.29) is 0 Å². The Bertz CT molecular complexity index is 510. The van der Waals surface area contributed by atoms with Crippen LogP contribution in [0.3, 0.4) is 0 Å². The van der Waals surface area contributed by atoms with Crippen LogP contribution < -0.4 is 4.74 Å². The third kappa shape index (κ3) is 4.75. The fourth-order valence-corrected chi connectivity index (χ4v) is 1.78. The van der Waals surface area contributed by atoms with Crippen molar-refractivity contribution in [3.63, 3.8) is 0 Å². The minimum absolute atomic E-state index is 0.471. The van der Waals surface area contributed by atoms with E-state index in [0.717, 1.165) is 6.08 Å². The fourth-order valence-electron chi connectivity index (χ4n) is 1.29. The number of carbonyl (C=O) groups is 2. The number of carboxylic acids is 1. The Labute approximate surface area is 119 Å². The highest BCUT2D eigenvalue weighted by Gasteiger charge is 2.16. The first kappa shape index (κ1) is 15.2. The fraction of sp³-hybridized carbons (Fsp3) is 0.231. The molecule has 0 aliphatic rings. The molecule has 19 heavy (non-hydrogen) atoms. The van der Waals surface area contributed by atoms with E-state index in [1.165, 1.54) is 13.2 Å². The second kappa shape index (κ2) is 6.94. The molecule has 1 rings (SSSR count). The third-order valence-corrected chi connectivity index (χ3v) is 2.83. The third-order valence-electron chi connectivity index (χ3n) is 2.21. The molecule has 0 heterocycles. The summed E-state index contributed by atoms with van der Waals surface area (Å²) < 4.78 is 10.6.